The van der Waals surface area contributed by atoms with E-state index in [0.29, 0.717) is 30.2 Å². The minimum atomic E-state index is -0.106. The monoisotopic (exact) mass is 276 g/mol. The second kappa shape index (κ2) is 6.52. The number of hydrogen-bond donors (Lipinski definition) is 1. The van der Waals surface area contributed by atoms with Gasteiger partial charge in [-0.2, -0.15) is 0 Å². The molecular weight excluding hydrogens is 256 g/mol. The van der Waals surface area contributed by atoms with Crippen molar-refractivity contribution >= 4 is 17.0 Å². The zero-order valence-electron chi connectivity index (χ0n) is 12.1. The number of nitrogens with zero attached hydrogens (tertiary/aromatic N) is 1. The van der Waals surface area contributed by atoms with Gasteiger partial charge in [-0.25, -0.2) is 4.98 Å². The summed E-state index contributed by atoms with van der Waals surface area (Å²) in [5.74, 6) is 0.817. The lowest BCUT2D eigenvalue weighted by Gasteiger charge is -2.04. The van der Waals surface area contributed by atoms with Gasteiger partial charge in [0, 0.05) is 31.7 Å². The Bertz CT molecular complexity index is 590. The van der Waals surface area contributed by atoms with Crippen molar-refractivity contribution in [2.75, 3.05) is 20.3 Å². The van der Waals surface area contributed by atoms with Crippen LogP contribution < -0.4 is 5.32 Å². The second-order valence-electron chi connectivity index (χ2n) is 4.99. The van der Waals surface area contributed by atoms with Crippen LogP contribution in [0.4, 0.5) is 0 Å². The van der Waals surface area contributed by atoms with E-state index in [4.69, 9.17) is 9.15 Å². The number of nitrogens with one attached hydrogen (secondary N) is 1. The lowest BCUT2D eigenvalue weighted by molar-refractivity contribution is 0.0948. The Morgan fingerprint density at radius 2 is 2.25 bits per heavy atom. The van der Waals surface area contributed by atoms with Gasteiger partial charge in [0.15, 0.2) is 11.5 Å². The molecule has 0 spiro atoms. The summed E-state index contributed by atoms with van der Waals surface area (Å²) in [6.07, 6.45) is 0.796. The van der Waals surface area contributed by atoms with E-state index >= 15 is 0 Å². The fourth-order valence-corrected chi connectivity index (χ4v) is 1.85. The molecule has 20 heavy (non-hydrogen) atoms. The van der Waals surface area contributed by atoms with Crippen molar-refractivity contribution in [2.45, 2.75) is 26.2 Å². The molecule has 1 N–H and O–H groups in total. The van der Waals surface area contributed by atoms with E-state index in [0.717, 1.165) is 11.9 Å². The van der Waals surface area contributed by atoms with Crippen LogP contribution in [0, 0.1) is 0 Å². The number of carbonyl (C=O) groups is 1. The van der Waals surface area contributed by atoms with Gasteiger partial charge in [0.25, 0.3) is 5.91 Å². The molecule has 0 unspecified atom stereocenters. The highest BCUT2D eigenvalue weighted by atomic mass is 16.5. The number of benzene rings is 1. The Morgan fingerprint density at radius 3 is 2.95 bits per heavy atom. The van der Waals surface area contributed by atoms with E-state index in [9.17, 15) is 4.79 Å². The third-order valence-electron chi connectivity index (χ3n) is 2.97. The Hall–Kier alpha value is -1.88. The third kappa shape index (κ3) is 3.36. The highest BCUT2D eigenvalue weighted by Crippen LogP contribution is 2.21. The van der Waals surface area contributed by atoms with Crippen LogP contribution in [0.2, 0.25) is 0 Å². The fraction of sp³-hybridized carbons (Fsp3) is 0.467. The Labute approximate surface area is 118 Å². The molecule has 5 heteroatoms. The number of fused-ring (bicyclic) bond motifs is 1. The predicted octanol–water partition coefficient (Wildman–Crippen LogP) is 2.72. The summed E-state index contributed by atoms with van der Waals surface area (Å²) in [6.45, 7) is 5.28. The van der Waals surface area contributed by atoms with Crippen LogP contribution in [0.3, 0.4) is 0 Å². The van der Waals surface area contributed by atoms with Gasteiger partial charge in [0.05, 0.1) is 0 Å². The fourth-order valence-electron chi connectivity index (χ4n) is 1.85. The molecule has 0 saturated carbocycles. The first-order valence-electron chi connectivity index (χ1n) is 6.79. The Morgan fingerprint density at radius 1 is 1.45 bits per heavy atom. The van der Waals surface area contributed by atoms with Crippen molar-refractivity contribution < 1.29 is 13.9 Å². The van der Waals surface area contributed by atoms with Gasteiger partial charge in [0.1, 0.15) is 5.52 Å². The van der Waals surface area contributed by atoms with E-state index in [1.807, 2.05) is 19.9 Å². The average molecular weight is 276 g/mol. The lowest BCUT2D eigenvalue weighted by Crippen LogP contribution is -2.25. The van der Waals surface area contributed by atoms with Gasteiger partial charge in [-0.1, -0.05) is 13.8 Å². The normalized spacial score (nSPS) is 11.2. The quantitative estimate of drug-likeness (QED) is 0.824. The summed E-state index contributed by atoms with van der Waals surface area (Å²) < 4.78 is 10.6. The molecule has 0 atom stereocenters. The number of amides is 1. The first kappa shape index (κ1) is 14.5. The molecule has 0 radical (unpaired) electrons. The van der Waals surface area contributed by atoms with Crippen molar-refractivity contribution in [3.8, 4) is 0 Å². The molecule has 0 aliphatic rings. The summed E-state index contributed by atoms with van der Waals surface area (Å²) in [4.78, 5) is 16.4. The SMILES string of the molecule is COCCCNC(=O)c1ccc2nc(C(C)C)oc2c1. The van der Waals surface area contributed by atoms with Crippen molar-refractivity contribution in [3.63, 3.8) is 0 Å². The number of rotatable bonds is 6. The topological polar surface area (TPSA) is 64.4 Å². The summed E-state index contributed by atoms with van der Waals surface area (Å²) in [5.41, 5.74) is 2.02. The van der Waals surface area contributed by atoms with Gasteiger partial charge < -0.3 is 14.5 Å². The maximum atomic E-state index is 12.0. The number of methoxy groups -OCH3 is 1. The van der Waals surface area contributed by atoms with Crippen LogP contribution in [0.15, 0.2) is 22.6 Å². The number of carbonyl (C=O) groups excluding carboxylic acids is 1. The van der Waals surface area contributed by atoms with Crippen LogP contribution >= 0.6 is 0 Å². The summed E-state index contributed by atoms with van der Waals surface area (Å²) in [5, 5.41) is 2.85. The van der Waals surface area contributed by atoms with E-state index in [1.165, 1.54) is 0 Å². The molecule has 2 aromatic rings. The molecule has 1 aromatic heterocycles. The molecular formula is C15H20N2O3. The first-order chi connectivity index (χ1) is 9.61. The van der Waals surface area contributed by atoms with Gasteiger partial charge in [-0.05, 0) is 24.6 Å². The smallest absolute Gasteiger partial charge is 0.251 e. The van der Waals surface area contributed by atoms with Crippen molar-refractivity contribution in [1.29, 1.82) is 0 Å². The average Bonchev–Trinajstić information content (AvgIpc) is 2.86. The van der Waals surface area contributed by atoms with Gasteiger partial charge in [0.2, 0.25) is 0 Å². The van der Waals surface area contributed by atoms with Crippen molar-refractivity contribution in [3.05, 3.63) is 29.7 Å². The van der Waals surface area contributed by atoms with Crippen LogP contribution in [0.25, 0.3) is 11.1 Å². The predicted molar refractivity (Wildman–Crippen MR) is 76.9 cm³/mol. The van der Waals surface area contributed by atoms with Crippen LogP contribution in [-0.4, -0.2) is 31.2 Å². The summed E-state index contributed by atoms with van der Waals surface area (Å²) in [7, 11) is 1.64. The largest absolute Gasteiger partial charge is 0.440 e. The third-order valence-corrected chi connectivity index (χ3v) is 2.97. The molecule has 0 saturated heterocycles. The molecule has 1 aromatic carbocycles. The number of ether oxygens (including phenoxy) is 1. The molecule has 108 valence electrons. The first-order valence-corrected chi connectivity index (χ1v) is 6.79. The number of oxazole rings is 1. The number of hydrogen-bond acceptors (Lipinski definition) is 4. The zero-order valence-corrected chi connectivity index (χ0v) is 12.1. The van der Waals surface area contributed by atoms with Crippen molar-refractivity contribution in [2.24, 2.45) is 0 Å². The molecule has 5 nitrogen and oxygen atoms in total. The van der Waals surface area contributed by atoms with Gasteiger partial charge in [-0.3, -0.25) is 4.79 Å². The second-order valence-corrected chi connectivity index (χ2v) is 4.99. The number of aromatic nitrogens is 1. The zero-order chi connectivity index (χ0) is 14.5. The van der Waals surface area contributed by atoms with Crippen molar-refractivity contribution in [1.82, 2.24) is 10.3 Å². The molecule has 0 aliphatic carbocycles. The molecule has 0 fully saturated rings. The molecule has 0 bridgehead atoms. The van der Waals surface area contributed by atoms with E-state index < -0.39 is 0 Å². The minimum absolute atomic E-state index is 0.106. The molecule has 1 heterocycles. The molecule has 1 amide bonds. The maximum Gasteiger partial charge on any atom is 0.251 e. The van der Waals surface area contributed by atoms with Crippen LogP contribution in [-0.2, 0) is 4.74 Å². The minimum Gasteiger partial charge on any atom is -0.440 e. The molecule has 0 aliphatic heterocycles. The van der Waals surface area contributed by atoms with Crippen LogP contribution in [0.1, 0.15) is 42.4 Å². The lowest BCUT2D eigenvalue weighted by atomic mass is 10.2. The van der Waals surface area contributed by atoms with Crippen LogP contribution in [0.5, 0.6) is 0 Å². The standard InChI is InChI=1S/C15H20N2O3/c1-10(2)15-17-12-6-5-11(9-13(12)20-15)14(18)16-7-4-8-19-3/h5-6,9-10H,4,7-8H2,1-3H3,(H,16,18). The van der Waals surface area contributed by atoms with E-state index in [2.05, 4.69) is 10.3 Å². The van der Waals surface area contributed by atoms with E-state index in [-0.39, 0.29) is 11.8 Å². The Balaban J connectivity index is 2.08. The van der Waals surface area contributed by atoms with Gasteiger partial charge >= 0.3 is 0 Å². The highest BCUT2D eigenvalue weighted by molar-refractivity contribution is 5.96. The molecule has 2 rings (SSSR count). The Kier molecular flexibility index (Phi) is 4.74. The maximum absolute atomic E-state index is 12.0. The van der Waals surface area contributed by atoms with E-state index in [1.54, 1.807) is 19.2 Å². The highest BCUT2D eigenvalue weighted by Gasteiger charge is 2.12. The van der Waals surface area contributed by atoms with Gasteiger partial charge in [-0.15, -0.1) is 0 Å². The summed E-state index contributed by atoms with van der Waals surface area (Å²) in [6, 6.07) is 5.31. The summed E-state index contributed by atoms with van der Waals surface area (Å²) >= 11 is 0.